The third-order valence-electron chi connectivity index (χ3n) is 1.22. The third-order valence-corrected chi connectivity index (χ3v) is 1.53. The Morgan fingerprint density at radius 3 is 1.55 bits per heavy atom. The number of nitrogens with one attached hydrogen (secondary N) is 2. The smallest absolute Gasteiger partial charge is 0.0715 e. The lowest BCUT2D eigenvalue weighted by molar-refractivity contribution is 0.393. The average molecular weight is 179 g/mol. The van der Waals surface area contributed by atoms with Crippen LogP contribution in [0.15, 0.2) is 0 Å². The summed E-state index contributed by atoms with van der Waals surface area (Å²) in [6.07, 6.45) is 0.233. The lowest BCUT2D eigenvalue weighted by Gasteiger charge is -2.22. The molecule has 2 nitrogen and oxygen atoms in total. The lowest BCUT2D eigenvalue weighted by Crippen LogP contribution is -2.49. The Morgan fingerprint density at radius 1 is 1.00 bits per heavy atom. The lowest BCUT2D eigenvalue weighted by atomic mass is 10.3. The highest BCUT2D eigenvalue weighted by Crippen LogP contribution is 1.90. The summed E-state index contributed by atoms with van der Waals surface area (Å²) in [5.41, 5.74) is 0. The van der Waals surface area contributed by atoms with Gasteiger partial charge in [-0.15, -0.1) is 11.6 Å². The van der Waals surface area contributed by atoms with E-state index in [0.29, 0.717) is 18.0 Å². The molecule has 0 saturated heterocycles. The van der Waals surface area contributed by atoms with E-state index in [2.05, 4.69) is 38.3 Å². The van der Waals surface area contributed by atoms with Crippen molar-refractivity contribution < 1.29 is 0 Å². The fraction of sp³-hybridized carbons (Fsp3) is 1.00. The van der Waals surface area contributed by atoms with Crippen molar-refractivity contribution in [1.82, 2.24) is 10.6 Å². The molecule has 0 bridgehead atoms. The van der Waals surface area contributed by atoms with Crippen molar-refractivity contribution in [3.63, 3.8) is 0 Å². The predicted molar refractivity (Wildman–Crippen MR) is 51.1 cm³/mol. The number of alkyl halides is 1. The molecule has 0 aliphatic rings. The zero-order valence-corrected chi connectivity index (χ0v) is 8.57. The van der Waals surface area contributed by atoms with Gasteiger partial charge in [0.05, 0.1) is 12.0 Å². The first-order valence-electron chi connectivity index (χ1n) is 4.14. The molecule has 0 amide bonds. The number of hydrogen-bond donors (Lipinski definition) is 2. The van der Waals surface area contributed by atoms with Crippen LogP contribution in [0.3, 0.4) is 0 Å². The second kappa shape index (κ2) is 5.81. The van der Waals surface area contributed by atoms with Crippen molar-refractivity contribution in [3.8, 4) is 0 Å². The van der Waals surface area contributed by atoms with E-state index in [9.17, 15) is 0 Å². The molecule has 0 aromatic rings. The summed E-state index contributed by atoms with van der Waals surface area (Å²) in [6.45, 7) is 8.45. The van der Waals surface area contributed by atoms with Crippen molar-refractivity contribution in [2.24, 2.45) is 0 Å². The maximum Gasteiger partial charge on any atom is 0.0715 e. The number of rotatable bonds is 5. The van der Waals surface area contributed by atoms with Crippen molar-refractivity contribution >= 4 is 11.6 Å². The highest BCUT2D eigenvalue weighted by atomic mass is 35.5. The van der Waals surface area contributed by atoms with Crippen LogP contribution in [0.5, 0.6) is 0 Å². The van der Waals surface area contributed by atoms with Crippen LogP contribution in [0.1, 0.15) is 27.7 Å². The quantitative estimate of drug-likeness (QED) is 0.493. The minimum Gasteiger partial charge on any atom is -0.299 e. The summed E-state index contributed by atoms with van der Waals surface area (Å²) < 4.78 is 0. The Labute approximate surface area is 74.7 Å². The van der Waals surface area contributed by atoms with E-state index in [0.717, 1.165) is 0 Å². The van der Waals surface area contributed by atoms with E-state index in [1.165, 1.54) is 0 Å². The predicted octanol–water partition coefficient (Wildman–Crippen LogP) is 1.55. The van der Waals surface area contributed by atoms with Gasteiger partial charge in [0, 0.05) is 12.1 Å². The molecule has 68 valence electrons. The van der Waals surface area contributed by atoms with Crippen LogP contribution in [0.25, 0.3) is 0 Å². The van der Waals surface area contributed by atoms with Gasteiger partial charge in [-0.1, -0.05) is 0 Å². The first kappa shape index (κ1) is 11.2. The molecule has 0 atom stereocenters. The van der Waals surface area contributed by atoms with Gasteiger partial charge in [0.1, 0.15) is 0 Å². The van der Waals surface area contributed by atoms with Gasteiger partial charge in [0.2, 0.25) is 0 Å². The first-order valence-corrected chi connectivity index (χ1v) is 4.67. The van der Waals surface area contributed by atoms with Crippen molar-refractivity contribution in [2.45, 2.75) is 45.9 Å². The maximum absolute atomic E-state index is 5.73. The molecule has 0 fully saturated rings. The summed E-state index contributed by atoms with van der Waals surface area (Å²) in [5, 5.41) is 6.64. The van der Waals surface area contributed by atoms with E-state index >= 15 is 0 Å². The molecule has 0 radical (unpaired) electrons. The van der Waals surface area contributed by atoms with Gasteiger partial charge >= 0.3 is 0 Å². The van der Waals surface area contributed by atoms with Gasteiger partial charge in [0.15, 0.2) is 0 Å². The summed E-state index contributed by atoms with van der Waals surface area (Å²) in [5.74, 6) is 0.608. The highest BCUT2D eigenvalue weighted by Gasteiger charge is 2.07. The number of hydrogen-bond acceptors (Lipinski definition) is 2. The summed E-state index contributed by atoms with van der Waals surface area (Å²) in [4.78, 5) is 0. The van der Waals surface area contributed by atoms with E-state index in [4.69, 9.17) is 11.6 Å². The molecule has 0 unspecified atom stereocenters. The van der Waals surface area contributed by atoms with Gasteiger partial charge < -0.3 is 0 Å². The summed E-state index contributed by atoms with van der Waals surface area (Å²) in [6, 6.07) is 0.954. The van der Waals surface area contributed by atoms with Crippen LogP contribution in [-0.2, 0) is 0 Å². The Balaban J connectivity index is 3.58. The zero-order valence-electron chi connectivity index (χ0n) is 7.82. The molecule has 0 spiro atoms. The Bertz CT molecular complexity index is 84.1. The molecule has 11 heavy (non-hydrogen) atoms. The zero-order chi connectivity index (χ0) is 8.85. The van der Waals surface area contributed by atoms with Crippen molar-refractivity contribution in [1.29, 1.82) is 0 Å². The monoisotopic (exact) mass is 178 g/mol. The topological polar surface area (TPSA) is 24.1 Å². The van der Waals surface area contributed by atoms with Crippen LogP contribution in [0.2, 0.25) is 0 Å². The molecular weight excluding hydrogens is 160 g/mol. The molecule has 3 heteroatoms. The fourth-order valence-corrected chi connectivity index (χ4v) is 1.12. The largest absolute Gasteiger partial charge is 0.299 e. The summed E-state index contributed by atoms with van der Waals surface area (Å²) in [7, 11) is 0. The minimum atomic E-state index is 0.233. The van der Waals surface area contributed by atoms with Crippen LogP contribution in [-0.4, -0.2) is 24.1 Å². The van der Waals surface area contributed by atoms with Crippen LogP contribution >= 0.6 is 11.6 Å². The van der Waals surface area contributed by atoms with Gasteiger partial charge in [-0.2, -0.15) is 0 Å². The highest BCUT2D eigenvalue weighted by molar-refractivity contribution is 6.18. The Hall–Kier alpha value is 0.210. The second-order valence-corrected chi connectivity index (χ2v) is 3.66. The van der Waals surface area contributed by atoms with Crippen LogP contribution in [0.4, 0.5) is 0 Å². The SMILES string of the molecule is CC(C)NC(CCl)NC(C)C. The standard InChI is InChI=1S/C8H19ClN2/c1-6(2)10-8(5-9)11-7(3)4/h6-8,10-11H,5H2,1-4H3. The molecule has 0 rings (SSSR count). The fourth-order valence-electron chi connectivity index (χ4n) is 0.942. The Morgan fingerprint density at radius 2 is 1.36 bits per heavy atom. The van der Waals surface area contributed by atoms with Gasteiger partial charge in [0.25, 0.3) is 0 Å². The van der Waals surface area contributed by atoms with Gasteiger partial charge in [-0.05, 0) is 27.7 Å². The molecule has 0 aliphatic heterocycles. The second-order valence-electron chi connectivity index (χ2n) is 3.35. The molecule has 0 aliphatic carbocycles. The summed E-state index contributed by atoms with van der Waals surface area (Å²) >= 11 is 5.73. The van der Waals surface area contributed by atoms with Gasteiger partial charge in [-0.25, -0.2) is 0 Å². The number of halogens is 1. The van der Waals surface area contributed by atoms with Crippen molar-refractivity contribution in [3.05, 3.63) is 0 Å². The first-order chi connectivity index (χ1) is 5.06. The van der Waals surface area contributed by atoms with E-state index in [1.54, 1.807) is 0 Å². The van der Waals surface area contributed by atoms with E-state index < -0.39 is 0 Å². The Kier molecular flexibility index (Phi) is 5.92. The van der Waals surface area contributed by atoms with E-state index in [-0.39, 0.29) is 6.17 Å². The average Bonchev–Trinajstić information content (AvgIpc) is 1.84. The van der Waals surface area contributed by atoms with Crippen molar-refractivity contribution in [2.75, 3.05) is 5.88 Å². The maximum atomic E-state index is 5.73. The minimum absolute atomic E-state index is 0.233. The molecular formula is C8H19ClN2. The van der Waals surface area contributed by atoms with Crippen LogP contribution in [0, 0.1) is 0 Å². The molecule has 2 N–H and O–H groups in total. The third kappa shape index (κ3) is 6.60. The molecule has 0 aromatic heterocycles. The molecule has 0 aromatic carbocycles. The van der Waals surface area contributed by atoms with Crippen LogP contribution < -0.4 is 10.6 Å². The van der Waals surface area contributed by atoms with E-state index in [1.807, 2.05) is 0 Å². The van der Waals surface area contributed by atoms with Gasteiger partial charge in [-0.3, -0.25) is 10.6 Å². The normalized spacial score (nSPS) is 12.0. The molecule has 0 heterocycles. The molecule has 0 saturated carbocycles.